The number of alkyl halides is 3. The Labute approximate surface area is 224 Å². The Morgan fingerprint density at radius 1 is 1.11 bits per heavy atom. The molecule has 0 spiro atoms. The largest absolute Gasteiger partial charge is 0.449 e. The number of thioether (sulfide) groups is 1. The Morgan fingerprint density at radius 2 is 1.66 bits per heavy atom. The minimum Gasteiger partial charge on any atom is -0.369 e. The SMILES string of the molecule is CC.CC(Nc1ccc2[nH]c(C(F)(F)F)nc2n1)S/C=C\C(C)C(N)=O.CCC.Cc1c(F)cccc1F. The molecule has 212 valence electrons. The number of aromatic nitrogens is 3. The number of H-pyrrole nitrogens is 1. The molecule has 0 aliphatic carbocycles. The number of nitrogens with zero attached hydrogens (tertiary/aromatic N) is 2. The summed E-state index contributed by atoms with van der Waals surface area (Å²) < 4.78 is 62.5. The van der Waals surface area contributed by atoms with Gasteiger partial charge in [0, 0.05) is 5.56 Å². The molecule has 0 fully saturated rings. The number of primary amides is 1. The van der Waals surface area contributed by atoms with Crippen LogP contribution in [-0.2, 0) is 11.0 Å². The van der Waals surface area contributed by atoms with Crippen molar-refractivity contribution < 1.29 is 26.7 Å². The molecule has 3 rings (SSSR count). The summed E-state index contributed by atoms with van der Waals surface area (Å²) in [5.41, 5.74) is 5.43. The fraction of sp³-hybridized carbons (Fsp3) is 0.423. The molecule has 2 aromatic heterocycles. The number of benzene rings is 1. The molecule has 0 aliphatic heterocycles. The predicted octanol–water partition coefficient (Wildman–Crippen LogP) is 7.82. The van der Waals surface area contributed by atoms with Crippen LogP contribution in [-0.4, -0.2) is 26.2 Å². The molecule has 4 N–H and O–H groups in total. The average Bonchev–Trinajstić information content (AvgIpc) is 3.29. The zero-order valence-corrected chi connectivity index (χ0v) is 23.4. The van der Waals surface area contributed by atoms with Gasteiger partial charge in [-0.1, -0.05) is 53.2 Å². The maximum atomic E-state index is 12.6. The molecule has 0 radical (unpaired) electrons. The van der Waals surface area contributed by atoms with Crippen LogP contribution in [0, 0.1) is 24.5 Å². The van der Waals surface area contributed by atoms with Gasteiger partial charge in [-0.2, -0.15) is 13.2 Å². The number of hydrogen-bond donors (Lipinski definition) is 3. The third-order valence-corrected chi connectivity index (χ3v) is 5.11. The number of rotatable bonds is 6. The highest BCUT2D eigenvalue weighted by Gasteiger charge is 2.35. The summed E-state index contributed by atoms with van der Waals surface area (Å²) in [5, 5.41) is 4.65. The Morgan fingerprint density at radius 3 is 2.13 bits per heavy atom. The first-order valence-corrected chi connectivity index (χ1v) is 13.0. The number of aromatic amines is 1. The van der Waals surface area contributed by atoms with E-state index in [-0.39, 0.29) is 28.0 Å². The molecule has 12 heteroatoms. The van der Waals surface area contributed by atoms with E-state index in [1.807, 2.05) is 20.8 Å². The highest BCUT2D eigenvalue weighted by molar-refractivity contribution is 8.02. The zero-order chi connectivity index (χ0) is 29.5. The third kappa shape index (κ3) is 12.4. The first-order valence-electron chi connectivity index (χ1n) is 12.0. The van der Waals surface area contributed by atoms with Crippen LogP contribution in [0.2, 0.25) is 0 Å². The summed E-state index contributed by atoms with van der Waals surface area (Å²) in [6.07, 6.45) is -1.62. The lowest BCUT2D eigenvalue weighted by Crippen LogP contribution is -2.18. The van der Waals surface area contributed by atoms with Crippen molar-refractivity contribution in [1.29, 1.82) is 0 Å². The number of anilines is 1. The highest BCUT2D eigenvalue weighted by atomic mass is 32.2. The number of nitrogens with two attached hydrogens (primary N) is 1. The minimum absolute atomic E-state index is 0.0117. The summed E-state index contributed by atoms with van der Waals surface area (Å²) in [6.45, 7) is 13.2. The van der Waals surface area contributed by atoms with E-state index in [1.54, 1.807) is 24.5 Å². The third-order valence-electron chi connectivity index (χ3n) is 4.27. The molecule has 0 bridgehead atoms. The molecular weight excluding hydrogens is 525 g/mol. The van der Waals surface area contributed by atoms with Gasteiger partial charge in [-0.05, 0) is 43.5 Å². The molecule has 3 aromatic rings. The number of carbonyl (C=O) groups is 1. The Balaban J connectivity index is 0.000000807. The lowest BCUT2D eigenvalue weighted by atomic mass is 10.2. The standard InChI is InChI=1S/C14H16F3N5OS.C7H6F2.C3H8.C2H6/c1-7(11(18)23)5-6-24-8(2)19-10-4-3-9-12(21-10)22-13(20-9)14(15,16)17;1-5-6(8)3-2-4-7(5)9;1-3-2;1-2/h3-8H,1-2H3,(H2,18,23)(H2,19,20,21,22);2-4H,1H3;3H2,1-2H3;1-2H3/b6-5-;;;. The van der Waals surface area contributed by atoms with Gasteiger partial charge in [0.1, 0.15) is 17.5 Å². The smallest absolute Gasteiger partial charge is 0.369 e. The number of pyridine rings is 1. The molecule has 0 saturated carbocycles. The first-order chi connectivity index (χ1) is 17.8. The molecule has 2 unspecified atom stereocenters. The molecule has 0 aliphatic rings. The predicted molar refractivity (Wildman–Crippen MR) is 145 cm³/mol. The van der Waals surface area contributed by atoms with Crippen LogP contribution in [0.25, 0.3) is 11.2 Å². The number of fused-ring (bicyclic) bond motifs is 1. The van der Waals surface area contributed by atoms with Crippen molar-refractivity contribution in [2.24, 2.45) is 11.7 Å². The second kappa shape index (κ2) is 17.4. The maximum Gasteiger partial charge on any atom is 0.449 e. The van der Waals surface area contributed by atoms with E-state index in [9.17, 15) is 26.7 Å². The second-order valence-corrected chi connectivity index (χ2v) is 8.90. The molecule has 2 heterocycles. The van der Waals surface area contributed by atoms with Gasteiger partial charge in [0.2, 0.25) is 11.7 Å². The molecule has 0 saturated heterocycles. The van der Waals surface area contributed by atoms with Crippen molar-refractivity contribution in [3.63, 3.8) is 0 Å². The zero-order valence-electron chi connectivity index (χ0n) is 22.6. The number of hydrogen-bond acceptors (Lipinski definition) is 5. The maximum absolute atomic E-state index is 12.6. The van der Waals surface area contributed by atoms with Crippen LogP contribution >= 0.6 is 11.8 Å². The minimum atomic E-state index is -4.54. The normalized spacial score (nSPS) is 12.3. The van der Waals surface area contributed by atoms with E-state index in [1.165, 1.54) is 49.4 Å². The van der Waals surface area contributed by atoms with Gasteiger partial charge in [0.25, 0.3) is 0 Å². The molecule has 6 nitrogen and oxygen atoms in total. The average molecular weight is 562 g/mol. The lowest BCUT2D eigenvalue weighted by Gasteiger charge is -2.11. The molecule has 1 aromatic carbocycles. The van der Waals surface area contributed by atoms with Crippen molar-refractivity contribution in [1.82, 2.24) is 15.0 Å². The van der Waals surface area contributed by atoms with Crippen LogP contribution in [0.4, 0.5) is 27.8 Å². The summed E-state index contributed by atoms with van der Waals surface area (Å²) in [4.78, 5) is 20.6. The summed E-state index contributed by atoms with van der Waals surface area (Å²) >= 11 is 1.38. The van der Waals surface area contributed by atoms with Gasteiger partial charge in [-0.15, -0.1) is 11.8 Å². The quantitative estimate of drug-likeness (QED) is 0.211. The van der Waals surface area contributed by atoms with Crippen LogP contribution in [0.5, 0.6) is 0 Å². The van der Waals surface area contributed by atoms with Crippen LogP contribution in [0.3, 0.4) is 0 Å². The molecular formula is C26H36F5N5OS. The van der Waals surface area contributed by atoms with E-state index in [0.29, 0.717) is 5.82 Å². The van der Waals surface area contributed by atoms with E-state index < -0.39 is 29.5 Å². The van der Waals surface area contributed by atoms with Crippen molar-refractivity contribution in [2.45, 2.75) is 66.4 Å². The molecule has 2 atom stereocenters. The fourth-order valence-corrected chi connectivity index (χ4v) is 3.06. The van der Waals surface area contributed by atoms with Crippen molar-refractivity contribution >= 4 is 34.7 Å². The van der Waals surface area contributed by atoms with Gasteiger partial charge in [0.05, 0.1) is 16.8 Å². The molecule has 38 heavy (non-hydrogen) atoms. The van der Waals surface area contributed by atoms with Crippen molar-refractivity contribution in [2.75, 3.05) is 5.32 Å². The second-order valence-electron chi connectivity index (χ2n) is 7.65. The Kier molecular flexibility index (Phi) is 15.9. The number of imidazole rings is 1. The van der Waals surface area contributed by atoms with E-state index >= 15 is 0 Å². The fourth-order valence-electron chi connectivity index (χ4n) is 2.31. The van der Waals surface area contributed by atoms with Crippen LogP contribution in [0.1, 0.15) is 59.4 Å². The van der Waals surface area contributed by atoms with Crippen molar-refractivity contribution in [3.8, 4) is 0 Å². The summed E-state index contributed by atoms with van der Waals surface area (Å²) in [7, 11) is 0. The van der Waals surface area contributed by atoms with Gasteiger partial charge in [-0.3, -0.25) is 4.79 Å². The van der Waals surface area contributed by atoms with Gasteiger partial charge >= 0.3 is 6.18 Å². The number of nitrogens with one attached hydrogen (secondary N) is 2. The number of amides is 1. The Hall–Kier alpha value is -3.15. The summed E-state index contributed by atoms with van der Waals surface area (Å²) in [6, 6.07) is 6.86. The Bertz CT molecular complexity index is 1130. The van der Waals surface area contributed by atoms with E-state index in [2.05, 4.69) is 34.1 Å². The van der Waals surface area contributed by atoms with Crippen LogP contribution in [0.15, 0.2) is 41.8 Å². The van der Waals surface area contributed by atoms with Gasteiger partial charge in [-0.25, -0.2) is 18.7 Å². The lowest BCUT2D eigenvalue weighted by molar-refractivity contribution is -0.144. The summed E-state index contributed by atoms with van der Waals surface area (Å²) in [5.74, 6) is -2.44. The van der Waals surface area contributed by atoms with Gasteiger partial charge < -0.3 is 16.0 Å². The number of halogens is 5. The van der Waals surface area contributed by atoms with Crippen molar-refractivity contribution in [3.05, 3.63) is 64.8 Å². The monoisotopic (exact) mass is 561 g/mol. The van der Waals surface area contributed by atoms with Gasteiger partial charge in [0.15, 0.2) is 5.65 Å². The molecule has 1 amide bonds. The van der Waals surface area contributed by atoms with E-state index in [0.717, 1.165) is 0 Å². The number of carbonyl (C=O) groups excluding carboxylic acids is 1. The first kappa shape index (κ1) is 34.9. The van der Waals surface area contributed by atoms with E-state index in [4.69, 9.17) is 5.73 Å². The highest BCUT2D eigenvalue weighted by Crippen LogP contribution is 2.28. The topological polar surface area (TPSA) is 96.7 Å². The van der Waals surface area contributed by atoms with Crippen LogP contribution < -0.4 is 11.1 Å².